The quantitative estimate of drug-likeness (QED) is 0.749. The summed E-state index contributed by atoms with van der Waals surface area (Å²) in [7, 11) is 1.84. The summed E-state index contributed by atoms with van der Waals surface area (Å²) < 4.78 is 0. The minimum absolute atomic E-state index is 0.827. The molecule has 0 aliphatic rings. The van der Waals surface area contributed by atoms with Gasteiger partial charge in [-0.2, -0.15) is 0 Å². The van der Waals surface area contributed by atoms with Gasteiger partial charge in [0.1, 0.15) is 5.52 Å². The van der Waals surface area contributed by atoms with Gasteiger partial charge in [0, 0.05) is 24.8 Å². The smallest absolute Gasteiger partial charge is 0.152 e. The van der Waals surface area contributed by atoms with Gasteiger partial charge in [0.05, 0.1) is 0 Å². The third kappa shape index (κ3) is 1.99. The van der Waals surface area contributed by atoms with E-state index in [4.69, 9.17) is 0 Å². The molecule has 0 radical (unpaired) electrons. The van der Waals surface area contributed by atoms with Crippen molar-refractivity contribution in [2.24, 2.45) is 0 Å². The number of hydrogen-bond donors (Lipinski definition) is 1. The Bertz CT molecular complexity index is 393. The van der Waals surface area contributed by atoms with Gasteiger partial charge in [-0.1, -0.05) is 19.9 Å². The number of nitrogens with one attached hydrogen (secondary N) is 1. The summed E-state index contributed by atoms with van der Waals surface area (Å²) in [6.45, 7) is 4.00. The maximum atomic E-state index is 4.23. The molecule has 0 fully saturated rings. The fraction of sp³-hybridized carbons (Fsp3) is 0.273. The van der Waals surface area contributed by atoms with Crippen LogP contribution in [0.3, 0.4) is 0 Å². The van der Waals surface area contributed by atoms with E-state index in [2.05, 4.69) is 15.3 Å². The first-order valence-electron chi connectivity index (χ1n) is 4.79. The lowest BCUT2D eigenvalue weighted by atomic mass is 10.2. The summed E-state index contributed by atoms with van der Waals surface area (Å²) in [5.74, 6) is 0.827. The van der Waals surface area contributed by atoms with Crippen molar-refractivity contribution in [1.29, 1.82) is 0 Å². The largest absolute Gasteiger partial charge is 0.371 e. The zero-order valence-corrected chi connectivity index (χ0v) is 8.78. The predicted molar refractivity (Wildman–Crippen MR) is 60.4 cm³/mol. The van der Waals surface area contributed by atoms with E-state index in [-0.39, 0.29) is 0 Å². The van der Waals surface area contributed by atoms with Gasteiger partial charge in [-0.15, -0.1) is 0 Å². The molecule has 0 saturated heterocycles. The van der Waals surface area contributed by atoms with Crippen LogP contribution in [0, 0.1) is 0 Å². The van der Waals surface area contributed by atoms with Gasteiger partial charge in [0.2, 0.25) is 0 Å². The lowest BCUT2D eigenvalue weighted by molar-refractivity contribution is 1.28. The molecule has 0 aliphatic heterocycles. The molecule has 2 rings (SSSR count). The Hall–Kier alpha value is -1.64. The number of pyridine rings is 2. The molecule has 0 saturated carbocycles. The third-order valence-corrected chi connectivity index (χ3v) is 1.76. The highest BCUT2D eigenvalue weighted by Crippen LogP contribution is 2.16. The van der Waals surface area contributed by atoms with E-state index in [1.807, 2.05) is 39.1 Å². The average Bonchev–Trinajstić information content (AvgIpc) is 2.31. The Labute approximate surface area is 84.2 Å². The Morgan fingerprint density at radius 1 is 1.07 bits per heavy atom. The van der Waals surface area contributed by atoms with Gasteiger partial charge >= 0.3 is 0 Å². The molecule has 0 aliphatic carbocycles. The number of hydrogen-bond acceptors (Lipinski definition) is 3. The third-order valence-electron chi connectivity index (χ3n) is 1.76. The number of fused-ring (bicyclic) bond motifs is 1. The van der Waals surface area contributed by atoms with E-state index in [9.17, 15) is 0 Å². The van der Waals surface area contributed by atoms with E-state index in [1.54, 1.807) is 12.4 Å². The molecule has 1 N–H and O–H groups in total. The standard InChI is InChI=1S/C9H9N3.C2H6/c1-10-9-8-7(4-6-12-9)3-2-5-11-8;1-2/h2-6H,1H3,(H,10,12);1-2H3. The van der Waals surface area contributed by atoms with E-state index in [0.717, 1.165) is 16.7 Å². The summed E-state index contributed by atoms with van der Waals surface area (Å²) in [6, 6.07) is 5.88. The van der Waals surface area contributed by atoms with Crippen LogP contribution in [0.5, 0.6) is 0 Å². The van der Waals surface area contributed by atoms with Crippen LogP contribution in [-0.4, -0.2) is 17.0 Å². The summed E-state index contributed by atoms with van der Waals surface area (Å²) in [6.07, 6.45) is 3.54. The second kappa shape index (κ2) is 5.17. The molecule has 0 atom stereocenters. The first-order valence-corrected chi connectivity index (χ1v) is 4.79. The average molecular weight is 189 g/mol. The van der Waals surface area contributed by atoms with Crippen LogP contribution < -0.4 is 5.32 Å². The zero-order valence-electron chi connectivity index (χ0n) is 8.78. The van der Waals surface area contributed by atoms with E-state index >= 15 is 0 Å². The molecule has 74 valence electrons. The van der Waals surface area contributed by atoms with E-state index in [1.165, 1.54) is 0 Å². The molecular formula is C11H15N3. The fourth-order valence-corrected chi connectivity index (χ4v) is 1.19. The number of anilines is 1. The molecule has 2 aromatic heterocycles. The van der Waals surface area contributed by atoms with E-state index in [0.29, 0.717) is 0 Å². The fourth-order valence-electron chi connectivity index (χ4n) is 1.19. The molecule has 0 aromatic carbocycles. The summed E-state index contributed by atoms with van der Waals surface area (Å²) >= 11 is 0. The predicted octanol–water partition coefficient (Wildman–Crippen LogP) is 2.70. The van der Waals surface area contributed by atoms with Crippen molar-refractivity contribution >= 4 is 16.7 Å². The van der Waals surface area contributed by atoms with Crippen LogP contribution in [-0.2, 0) is 0 Å². The van der Waals surface area contributed by atoms with Gasteiger partial charge < -0.3 is 5.32 Å². The summed E-state index contributed by atoms with van der Waals surface area (Å²) in [5, 5.41) is 4.10. The Balaban J connectivity index is 0.000000461. The molecule has 3 nitrogen and oxygen atoms in total. The molecule has 0 bridgehead atoms. The van der Waals surface area contributed by atoms with Crippen LogP contribution in [0.15, 0.2) is 30.6 Å². The van der Waals surface area contributed by atoms with Crippen LogP contribution in [0.2, 0.25) is 0 Å². The number of aromatic nitrogens is 2. The molecule has 0 spiro atoms. The first kappa shape index (κ1) is 10.4. The van der Waals surface area contributed by atoms with E-state index < -0.39 is 0 Å². The highest BCUT2D eigenvalue weighted by atomic mass is 15.0. The molecule has 14 heavy (non-hydrogen) atoms. The monoisotopic (exact) mass is 189 g/mol. The lowest BCUT2D eigenvalue weighted by Gasteiger charge is -2.01. The number of nitrogens with zero attached hydrogens (tertiary/aromatic N) is 2. The Morgan fingerprint density at radius 3 is 2.57 bits per heavy atom. The Morgan fingerprint density at radius 2 is 1.86 bits per heavy atom. The van der Waals surface area contributed by atoms with Crippen LogP contribution in [0.1, 0.15) is 13.8 Å². The topological polar surface area (TPSA) is 37.8 Å². The van der Waals surface area contributed by atoms with Crippen LogP contribution in [0.25, 0.3) is 10.9 Å². The van der Waals surface area contributed by atoms with Crippen LogP contribution in [0.4, 0.5) is 5.82 Å². The van der Waals surface area contributed by atoms with Crippen molar-refractivity contribution in [1.82, 2.24) is 9.97 Å². The SMILES string of the molecule is CC.CNc1nccc2cccnc12. The van der Waals surface area contributed by atoms with Gasteiger partial charge in [-0.3, -0.25) is 4.98 Å². The first-order chi connectivity index (χ1) is 6.92. The highest BCUT2D eigenvalue weighted by molar-refractivity contribution is 5.87. The molecule has 2 heterocycles. The molecule has 3 heteroatoms. The second-order valence-corrected chi connectivity index (χ2v) is 2.48. The van der Waals surface area contributed by atoms with Gasteiger partial charge in [0.15, 0.2) is 5.82 Å². The molecule has 2 aromatic rings. The zero-order chi connectivity index (χ0) is 10.4. The molecular weight excluding hydrogens is 174 g/mol. The second-order valence-electron chi connectivity index (χ2n) is 2.48. The molecule has 0 unspecified atom stereocenters. The lowest BCUT2D eigenvalue weighted by Crippen LogP contribution is -1.93. The number of rotatable bonds is 1. The molecule has 0 amide bonds. The van der Waals surface area contributed by atoms with Crippen LogP contribution >= 0.6 is 0 Å². The van der Waals surface area contributed by atoms with Crippen molar-refractivity contribution in [3.05, 3.63) is 30.6 Å². The van der Waals surface area contributed by atoms with Crippen molar-refractivity contribution in [3.63, 3.8) is 0 Å². The minimum Gasteiger partial charge on any atom is -0.371 e. The normalized spacial score (nSPS) is 9.07. The summed E-state index contributed by atoms with van der Waals surface area (Å²) in [5.41, 5.74) is 0.919. The maximum Gasteiger partial charge on any atom is 0.152 e. The van der Waals surface area contributed by atoms with Gasteiger partial charge in [0.25, 0.3) is 0 Å². The van der Waals surface area contributed by atoms with Crippen molar-refractivity contribution < 1.29 is 0 Å². The maximum absolute atomic E-state index is 4.23. The highest BCUT2D eigenvalue weighted by Gasteiger charge is 1.98. The van der Waals surface area contributed by atoms with Gasteiger partial charge in [-0.05, 0) is 12.1 Å². The minimum atomic E-state index is 0.827. The van der Waals surface area contributed by atoms with Gasteiger partial charge in [-0.25, -0.2) is 4.98 Å². The van der Waals surface area contributed by atoms with Crippen molar-refractivity contribution in [3.8, 4) is 0 Å². The van der Waals surface area contributed by atoms with Crippen molar-refractivity contribution in [2.75, 3.05) is 12.4 Å². The van der Waals surface area contributed by atoms with Crippen molar-refractivity contribution in [2.45, 2.75) is 13.8 Å². The summed E-state index contributed by atoms with van der Waals surface area (Å²) in [4.78, 5) is 8.38. The Kier molecular flexibility index (Phi) is 3.85.